The van der Waals surface area contributed by atoms with Gasteiger partial charge in [0, 0.05) is 32.7 Å². The number of benzene rings is 1. The third kappa shape index (κ3) is 3.17. The van der Waals surface area contributed by atoms with Crippen LogP contribution >= 0.6 is 0 Å². The van der Waals surface area contributed by atoms with Crippen LogP contribution in [0.3, 0.4) is 0 Å². The predicted octanol–water partition coefficient (Wildman–Crippen LogP) is 2.58. The fourth-order valence-corrected chi connectivity index (χ4v) is 2.76. The fourth-order valence-electron chi connectivity index (χ4n) is 2.76. The van der Waals surface area contributed by atoms with E-state index in [9.17, 15) is 0 Å². The molecule has 5 heteroatoms. The second-order valence-electron chi connectivity index (χ2n) is 5.60. The molecule has 0 unspecified atom stereocenters. The lowest BCUT2D eigenvalue weighted by Gasteiger charge is -2.21. The van der Waals surface area contributed by atoms with Crippen molar-refractivity contribution in [3.05, 3.63) is 47.8 Å². The number of nitriles is 1. The Morgan fingerprint density at radius 1 is 1.23 bits per heavy atom. The molecule has 1 aliphatic rings. The van der Waals surface area contributed by atoms with Crippen molar-refractivity contribution >= 4 is 11.6 Å². The molecule has 5 nitrogen and oxygen atoms in total. The van der Waals surface area contributed by atoms with Crippen molar-refractivity contribution in [1.82, 2.24) is 9.97 Å². The van der Waals surface area contributed by atoms with Crippen molar-refractivity contribution in [2.75, 3.05) is 29.9 Å². The van der Waals surface area contributed by atoms with Gasteiger partial charge in [-0.1, -0.05) is 12.1 Å². The van der Waals surface area contributed by atoms with Gasteiger partial charge in [-0.3, -0.25) is 0 Å². The molecule has 1 aliphatic heterocycles. The van der Waals surface area contributed by atoms with Crippen LogP contribution in [0.25, 0.3) is 0 Å². The molecule has 3 rings (SSSR count). The Labute approximate surface area is 130 Å². The van der Waals surface area contributed by atoms with Gasteiger partial charge in [0.2, 0.25) is 0 Å². The largest absolute Gasteiger partial charge is 0.356 e. The van der Waals surface area contributed by atoms with Crippen molar-refractivity contribution in [3.8, 4) is 6.07 Å². The predicted molar refractivity (Wildman–Crippen MR) is 86.7 cm³/mol. The summed E-state index contributed by atoms with van der Waals surface area (Å²) in [5, 5.41) is 8.98. The van der Waals surface area contributed by atoms with E-state index in [1.165, 1.54) is 12.8 Å². The molecule has 1 fully saturated rings. The van der Waals surface area contributed by atoms with Crippen LogP contribution in [0.15, 0.2) is 36.7 Å². The zero-order valence-electron chi connectivity index (χ0n) is 12.7. The number of anilines is 2. The molecule has 22 heavy (non-hydrogen) atoms. The van der Waals surface area contributed by atoms with E-state index in [4.69, 9.17) is 5.26 Å². The van der Waals surface area contributed by atoms with E-state index in [-0.39, 0.29) is 0 Å². The maximum absolute atomic E-state index is 8.98. The van der Waals surface area contributed by atoms with Gasteiger partial charge in [-0.2, -0.15) is 5.26 Å². The fraction of sp³-hybridized carbons (Fsp3) is 0.353. The first kappa shape index (κ1) is 14.3. The Balaban J connectivity index is 1.75. The van der Waals surface area contributed by atoms with Crippen LogP contribution in [0.4, 0.5) is 11.6 Å². The average molecular weight is 293 g/mol. The molecule has 2 aromatic rings. The van der Waals surface area contributed by atoms with Crippen LogP contribution in [0.5, 0.6) is 0 Å². The van der Waals surface area contributed by atoms with Gasteiger partial charge in [-0.05, 0) is 30.5 Å². The first-order valence-electron chi connectivity index (χ1n) is 7.53. The molecule has 0 atom stereocenters. The SMILES string of the molecule is CN(Cc1cccc(C#N)c1)c1cc(N2CCCC2)ncn1. The summed E-state index contributed by atoms with van der Waals surface area (Å²) in [5.74, 6) is 1.90. The van der Waals surface area contributed by atoms with E-state index in [1.807, 2.05) is 37.4 Å². The van der Waals surface area contributed by atoms with Gasteiger partial charge in [0.1, 0.15) is 18.0 Å². The highest BCUT2D eigenvalue weighted by Crippen LogP contribution is 2.21. The van der Waals surface area contributed by atoms with Gasteiger partial charge < -0.3 is 9.80 Å². The number of hydrogen-bond acceptors (Lipinski definition) is 5. The lowest BCUT2D eigenvalue weighted by atomic mass is 10.1. The number of nitrogens with zero attached hydrogens (tertiary/aromatic N) is 5. The molecule has 1 aromatic heterocycles. The third-order valence-electron chi connectivity index (χ3n) is 3.94. The summed E-state index contributed by atoms with van der Waals surface area (Å²) in [7, 11) is 2.01. The molecular formula is C17H19N5. The smallest absolute Gasteiger partial charge is 0.134 e. The van der Waals surface area contributed by atoms with Crippen molar-refractivity contribution in [3.63, 3.8) is 0 Å². The van der Waals surface area contributed by atoms with Crippen LogP contribution in [0.2, 0.25) is 0 Å². The first-order valence-corrected chi connectivity index (χ1v) is 7.53. The quantitative estimate of drug-likeness (QED) is 0.867. The van der Waals surface area contributed by atoms with Gasteiger partial charge in [0.05, 0.1) is 11.6 Å². The molecule has 0 aliphatic carbocycles. The van der Waals surface area contributed by atoms with Crippen LogP contribution in [-0.2, 0) is 6.54 Å². The Morgan fingerprint density at radius 2 is 2.05 bits per heavy atom. The Kier molecular flexibility index (Phi) is 4.19. The minimum atomic E-state index is 0.686. The Morgan fingerprint density at radius 3 is 2.82 bits per heavy atom. The molecule has 0 N–H and O–H groups in total. The molecule has 0 saturated carbocycles. The summed E-state index contributed by atoms with van der Waals surface area (Å²) in [4.78, 5) is 13.1. The van der Waals surface area contributed by atoms with E-state index >= 15 is 0 Å². The monoisotopic (exact) mass is 293 g/mol. The first-order chi connectivity index (χ1) is 10.8. The number of hydrogen-bond donors (Lipinski definition) is 0. The minimum Gasteiger partial charge on any atom is -0.356 e. The molecule has 2 heterocycles. The van der Waals surface area contributed by atoms with Gasteiger partial charge >= 0.3 is 0 Å². The van der Waals surface area contributed by atoms with E-state index in [0.717, 1.165) is 30.3 Å². The van der Waals surface area contributed by atoms with Crippen molar-refractivity contribution in [2.45, 2.75) is 19.4 Å². The highest BCUT2D eigenvalue weighted by Gasteiger charge is 2.15. The van der Waals surface area contributed by atoms with Gasteiger partial charge in [-0.15, -0.1) is 0 Å². The molecule has 0 radical (unpaired) electrons. The summed E-state index contributed by atoms with van der Waals surface area (Å²) < 4.78 is 0. The Bertz CT molecular complexity index is 685. The number of aromatic nitrogens is 2. The van der Waals surface area contributed by atoms with Crippen molar-refractivity contribution in [1.29, 1.82) is 5.26 Å². The molecule has 1 saturated heterocycles. The van der Waals surface area contributed by atoms with Gasteiger partial charge in [0.15, 0.2) is 0 Å². The second kappa shape index (κ2) is 6.44. The summed E-state index contributed by atoms with van der Waals surface area (Å²) in [6.07, 6.45) is 4.09. The van der Waals surface area contributed by atoms with E-state index in [2.05, 4.69) is 25.8 Å². The van der Waals surface area contributed by atoms with Crippen LogP contribution in [0.1, 0.15) is 24.0 Å². The number of rotatable bonds is 4. The van der Waals surface area contributed by atoms with Crippen molar-refractivity contribution < 1.29 is 0 Å². The van der Waals surface area contributed by atoms with Crippen LogP contribution in [0, 0.1) is 11.3 Å². The lowest BCUT2D eigenvalue weighted by molar-refractivity contribution is 0.875. The summed E-state index contributed by atoms with van der Waals surface area (Å²) in [5.41, 5.74) is 1.79. The summed E-state index contributed by atoms with van der Waals surface area (Å²) in [6.45, 7) is 2.86. The topological polar surface area (TPSA) is 56.1 Å². The highest BCUT2D eigenvalue weighted by atomic mass is 15.2. The van der Waals surface area contributed by atoms with Gasteiger partial charge in [-0.25, -0.2) is 9.97 Å². The highest BCUT2D eigenvalue weighted by molar-refractivity contribution is 5.50. The zero-order valence-corrected chi connectivity index (χ0v) is 12.7. The Hall–Kier alpha value is -2.61. The summed E-state index contributed by atoms with van der Waals surface area (Å²) in [6, 6.07) is 11.9. The lowest BCUT2D eigenvalue weighted by Crippen LogP contribution is -2.22. The zero-order chi connectivity index (χ0) is 15.4. The third-order valence-corrected chi connectivity index (χ3v) is 3.94. The maximum Gasteiger partial charge on any atom is 0.134 e. The van der Waals surface area contributed by atoms with Crippen LogP contribution in [-0.4, -0.2) is 30.1 Å². The normalized spacial score (nSPS) is 13.9. The molecule has 0 amide bonds. The van der Waals surface area contributed by atoms with E-state index in [0.29, 0.717) is 12.1 Å². The molecule has 0 spiro atoms. The van der Waals surface area contributed by atoms with Crippen LogP contribution < -0.4 is 9.80 Å². The average Bonchev–Trinajstić information content (AvgIpc) is 3.09. The molecule has 1 aromatic carbocycles. The standard InChI is InChI=1S/C17H19N5/c1-21(12-15-6-4-5-14(9-15)11-18)16-10-17(20-13-19-16)22-7-2-3-8-22/h4-6,9-10,13H,2-3,7-8,12H2,1H3. The molecule has 0 bridgehead atoms. The molecular weight excluding hydrogens is 274 g/mol. The minimum absolute atomic E-state index is 0.686. The maximum atomic E-state index is 8.98. The summed E-state index contributed by atoms with van der Waals surface area (Å²) >= 11 is 0. The van der Waals surface area contributed by atoms with E-state index < -0.39 is 0 Å². The van der Waals surface area contributed by atoms with E-state index in [1.54, 1.807) is 6.33 Å². The van der Waals surface area contributed by atoms with Gasteiger partial charge in [0.25, 0.3) is 0 Å². The molecule has 112 valence electrons. The second-order valence-corrected chi connectivity index (χ2v) is 5.60. The van der Waals surface area contributed by atoms with Crippen molar-refractivity contribution in [2.24, 2.45) is 0 Å².